The normalized spacial score (nSPS) is 19.8. The van der Waals surface area contributed by atoms with E-state index < -0.39 is 12.0 Å². The summed E-state index contributed by atoms with van der Waals surface area (Å²) in [5, 5.41) is 7.16. The van der Waals surface area contributed by atoms with E-state index in [-0.39, 0.29) is 18.6 Å². The van der Waals surface area contributed by atoms with Crippen molar-refractivity contribution >= 4 is 17.8 Å². The number of urea groups is 1. The molecule has 0 aliphatic carbocycles. The molecule has 1 saturated heterocycles. The van der Waals surface area contributed by atoms with Crippen molar-refractivity contribution in [2.24, 2.45) is 5.73 Å². The van der Waals surface area contributed by atoms with Gasteiger partial charge in [0, 0.05) is 24.3 Å². The zero-order valence-electron chi connectivity index (χ0n) is 13.2. The molecule has 1 fully saturated rings. The average Bonchev–Trinajstić information content (AvgIpc) is 2.87. The van der Waals surface area contributed by atoms with Gasteiger partial charge in [-0.15, -0.1) is 0 Å². The van der Waals surface area contributed by atoms with Gasteiger partial charge < -0.3 is 15.4 Å². The van der Waals surface area contributed by atoms with Gasteiger partial charge in [-0.3, -0.25) is 14.8 Å². The Hall–Kier alpha value is -2.09. The van der Waals surface area contributed by atoms with E-state index >= 15 is 0 Å². The molecule has 1 aliphatic heterocycles. The number of aryl methyl sites for hydroxylation is 1. The van der Waals surface area contributed by atoms with Crippen LogP contribution in [0.5, 0.6) is 0 Å². The first-order chi connectivity index (χ1) is 10.4. The zero-order chi connectivity index (χ0) is 16.3. The molecule has 0 saturated carbocycles. The zero-order valence-corrected chi connectivity index (χ0v) is 13.2. The highest BCUT2D eigenvalue weighted by Gasteiger charge is 2.28. The molecular formula is C14H23N5O3. The second kappa shape index (κ2) is 6.78. The number of carbonyl (C=O) groups excluding carboxylic acids is 2. The number of nitrogens with zero attached hydrogens (tertiary/aromatic N) is 3. The first-order valence-electron chi connectivity index (χ1n) is 7.45. The number of nitrogens with one attached hydrogen (secondary N) is 1. The topological polar surface area (TPSA) is 102 Å². The number of carbonyl (C=O) groups is 2. The van der Waals surface area contributed by atoms with Crippen LogP contribution >= 0.6 is 0 Å². The second-order valence-corrected chi connectivity index (χ2v) is 5.51. The van der Waals surface area contributed by atoms with Gasteiger partial charge in [0.2, 0.25) is 5.91 Å². The molecular weight excluding hydrogens is 286 g/mol. The van der Waals surface area contributed by atoms with Crippen LogP contribution in [0.1, 0.15) is 32.0 Å². The summed E-state index contributed by atoms with van der Waals surface area (Å²) in [6.45, 7) is 6.98. The number of nitrogens with two attached hydrogens (primary N) is 1. The van der Waals surface area contributed by atoms with Crippen molar-refractivity contribution in [2.75, 3.05) is 25.0 Å². The lowest BCUT2D eigenvalue weighted by Crippen LogP contribution is -2.51. The third-order valence-electron chi connectivity index (χ3n) is 3.84. The molecule has 8 nitrogen and oxygen atoms in total. The predicted octanol–water partition coefficient (Wildman–Crippen LogP) is 0.881. The number of anilines is 1. The fourth-order valence-corrected chi connectivity index (χ4v) is 2.36. The summed E-state index contributed by atoms with van der Waals surface area (Å²) in [6.07, 6.45) is 0.207. The summed E-state index contributed by atoms with van der Waals surface area (Å²) >= 11 is 0. The van der Waals surface area contributed by atoms with Gasteiger partial charge in [0.15, 0.2) is 11.9 Å². The maximum absolute atomic E-state index is 12.3. The molecule has 0 radical (unpaired) electrons. The lowest BCUT2D eigenvalue weighted by Gasteiger charge is -2.31. The number of hydrogen-bond acceptors (Lipinski definition) is 4. The minimum atomic E-state index is -0.751. The van der Waals surface area contributed by atoms with Crippen molar-refractivity contribution in [1.82, 2.24) is 14.7 Å². The van der Waals surface area contributed by atoms with E-state index in [1.54, 1.807) is 0 Å². The SMILES string of the molecule is CCC(C)n1nc(NC(=O)N2CCOC(C(N)=O)C2)cc1C. The summed E-state index contributed by atoms with van der Waals surface area (Å²) in [5.74, 6) is -0.0562. The Morgan fingerprint density at radius 3 is 2.95 bits per heavy atom. The standard InChI is InChI=1S/C14H23N5O3/c1-4-9(2)19-10(3)7-12(17-19)16-14(21)18-5-6-22-11(8-18)13(15)20/h7,9,11H,4-6,8H2,1-3H3,(H2,15,20)(H,16,17,21). The van der Waals surface area contributed by atoms with Crippen molar-refractivity contribution in [3.63, 3.8) is 0 Å². The lowest BCUT2D eigenvalue weighted by atomic mass is 10.2. The van der Waals surface area contributed by atoms with E-state index in [4.69, 9.17) is 10.5 Å². The Bertz CT molecular complexity index is 557. The molecule has 2 atom stereocenters. The largest absolute Gasteiger partial charge is 0.367 e. The average molecular weight is 309 g/mol. The van der Waals surface area contributed by atoms with Gasteiger partial charge in [0.1, 0.15) is 0 Å². The summed E-state index contributed by atoms with van der Waals surface area (Å²) in [7, 11) is 0. The van der Waals surface area contributed by atoms with Gasteiger partial charge in [-0.25, -0.2) is 4.79 Å². The summed E-state index contributed by atoms with van der Waals surface area (Å²) in [6, 6.07) is 1.80. The van der Waals surface area contributed by atoms with Gasteiger partial charge in [0.05, 0.1) is 13.2 Å². The maximum atomic E-state index is 12.3. The van der Waals surface area contributed by atoms with Crippen molar-refractivity contribution in [1.29, 1.82) is 0 Å². The number of rotatable bonds is 4. The van der Waals surface area contributed by atoms with Crippen LogP contribution in [0.2, 0.25) is 0 Å². The van der Waals surface area contributed by atoms with E-state index in [9.17, 15) is 9.59 Å². The van der Waals surface area contributed by atoms with Crippen molar-refractivity contribution in [3.8, 4) is 0 Å². The van der Waals surface area contributed by atoms with E-state index in [1.807, 2.05) is 17.7 Å². The molecule has 1 aliphatic rings. The maximum Gasteiger partial charge on any atom is 0.323 e. The molecule has 8 heteroatoms. The van der Waals surface area contributed by atoms with Crippen molar-refractivity contribution in [3.05, 3.63) is 11.8 Å². The van der Waals surface area contributed by atoms with Crippen LogP contribution < -0.4 is 11.1 Å². The Labute approximate surface area is 129 Å². The van der Waals surface area contributed by atoms with Gasteiger partial charge in [-0.1, -0.05) is 6.92 Å². The minimum Gasteiger partial charge on any atom is -0.367 e. The molecule has 122 valence electrons. The van der Waals surface area contributed by atoms with Gasteiger partial charge in [-0.05, 0) is 20.3 Å². The monoisotopic (exact) mass is 309 g/mol. The molecule has 0 spiro atoms. The van der Waals surface area contributed by atoms with Crippen LogP contribution in [0.15, 0.2) is 6.07 Å². The highest BCUT2D eigenvalue weighted by Crippen LogP contribution is 2.17. The smallest absolute Gasteiger partial charge is 0.323 e. The van der Waals surface area contributed by atoms with Crippen LogP contribution in [0.3, 0.4) is 0 Å². The van der Waals surface area contributed by atoms with Gasteiger partial charge in [0.25, 0.3) is 0 Å². The molecule has 2 unspecified atom stereocenters. The van der Waals surface area contributed by atoms with E-state index in [0.29, 0.717) is 19.0 Å². The molecule has 1 aromatic rings. The minimum absolute atomic E-state index is 0.159. The number of primary amides is 1. The Morgan fingerprint density at radius 1 is 1.59 bits per heavy atom. The Kier molecular flexibility index (Phi) is 5.02. The van der Waals surface area contributed by atoms with Crippen LogP contribution in [0, 0.1) is 6.92 Å². The van der Waals surface area contributed by atoms with Crippen molar-refractivity contribution in [2.45, 2.75) is 39.3 Å². The predicted molar refractivity (Wildman–Crippen MR) is 81.5 cm³/mol. The third-order valence-corrected chi connectivity index (χ3v) is 3.84. The summed E-state index contributed by atoms with van der Waals surface area (Å²) in [4.78, 5) is 24.9. The molecule has 0 bridgehead atoms. The number of amides is 3. The van der Waals surface area contributed by atoms with Crippen LogP contribution in [-0.2, 0) is 9.53 Å². The molecule has 1 aromatic heterocycles. The third kappa shape index (κ3) is 3.56. The molecule has 2 heterocycles. The van der Waals surface area contributed by atoms with E-state index in [2.05, 4.69) is 24.3 Å². The Balaban J connectivity index is 2.01. The van der Waals surface area contributed by atoms with E-state index in [0.717, 1.165) is 12.1 Å². The van der Waals surface area contributed by atoms with Gasteiger partial charge >= 0.3 is 6.03 Å². The van der Waals surface area contributed by atoms with Crippen LogP contribution in [0.25, 0.3) is 0 Å². The molecule has 2 rings (SSSR count). The highest BCUT2D eigenvalue weighted by atomic mass is 16.5. The van der Waals surface area contributed by atoms with Crippen LogP contribution in [-0.4, -0.2) is 52.4 Å². The Morgan fingerprint density at radius 2 is 2.32 bits per heavy atom. The highest BCUT2D eigenvalue weighted by molar-refractivity contribution is 5.89. The summed E-state index contributed by atoms with van der Waals surface area (Å²) in [5.41, 5.74) is 6.20. The fourth-order valence-electron chi connectivity index (χ4n) is 2.36. The van der Waals surface area contributed by atoms with Crippen molar-refractivity contribution < 1.29 is 14.3 Å². The van der Waals surface area contributed by atoms with Gasteiger partial charge in [-0.2, -0.15) is 5.10 Å². The number of aromatic nitrogens is 2. The number of ether oxygens (including phenoxy) is 1. The number of morpholine rings is 1. The summed E-state index contributed by atoms with van der Waals surface area (Å²) < 4.78 is 7.11. The van der Waals surface area contributed by atoms with Crippen LogP contribution in [0.4, 0.5) is 10.6 Å². The first kappa shape index (κ1) is 16.3. The number of hydrogen-bond donors (Lipinski definition) is 2. The lowest BCUT2D eigenvalue weighted by molar-refractivity contribution is -0.133. The molecule has 0 aromatic carbocycles. The second-order valence-electron chi connectivity index (χ2n) is 5.51. The first-order valence-corrected chi connectivity index (χ1v) is 7.45. The van der Waals surface area contributed by atoms with E-state index in [1.165, 1.54) is 4.90 Å². The fraction of sp³-hybridized carbons (Fsp3) is 0.643. The molecule has 22 heavy (non-hydrogen) atoms. The molecule has 3 amide bonds. The molecule has 3 N–H and O–H groups in total. The quantitative estimate of drug-likeness (QED) is 0.861.